The molecule has 0 saturated heterocycles. The maximum atomic E-state index is 12.1. The molecular formula is C17H20N2O. The number of aryl methyl sites for hydroxylation is 4. The number of rotatable bonds is 0. The Morgan fingerprint density at radius 2 is 1.85 bits per heavy atom. The van der Waals surface area contributed by atoms with E-state index in [1.165, 1.54) is 60.1 Å². The number of anilines is 1. The molecule has 0 saturated carbocycles. The van der Waals surface area contributed by atoms with Gasteiger partial charge in [-0.2, -0.15) is 0 Å². The van der Waals surface area contributed by atoms with Gasteiger partial charge in [-0.05, 0) is 49.8 Å². The fourth-order valence-corrected chi connectivity index (χ4v) is 4.00. The minimum absolute atomic E-state index is 0.110. The van der Waals surface area contributed by atoms with Crippen LogP contribution in [0.3, 0.4) is 0 Å². The van der Waals surface area contributed by atoms with Crippen molar-refractivity contribution in [3.05, 3.63) is 39.2 Å². The summed E-state index contributed by atoms with van der Waals surface area (Å²) in [6, 6.07) is 4.10. The zero-order valence-electron chi connectivity index (χ0n) is 12.2. The van der Waals surface area contributed by atoms with Crippen LogP contribution < -0.4 is 10.5 Å². The second-order valence-corrected chi connectivity index (χ2v) is 6.18. The van der Waals surface area contributed by atoms with E-state index >= 15 is 0 Å². The molecule has 0 atom stereocenters. The van der Waals surface area contributed by atoms with Crippen LogP contribution in [0.1, 0.15) is 29.5 Å². The summed E-state index contributed by atoms with van der Waals surface area (Å²) in [7, 11) is 1.91. The van der Waals surface area contributed by atoms with Crippen LogP contribution in [0.5, 0.6) is 0 Å². The molecule has 2 aromatic rings. The summed E-state index contributed by atoms with van der Waals surface area (Å²) in [6.07, 6.45) is 4.74. The number of hydrogen-bond donors (Lipinski definition) is 0. The molecule has 0 spiro atoms. The van der Waals surface area contributed by atoms with Gasteiger partial charge in [0.15, 0.2) is 0 Å². The van der Waals surface area contributed by atoms with Crippen LogP contribution in [-0.4, -0.2) is 17.7 Å². The predicted octanol–water partition coefficient (Wildman–Crippen LogP) is 2.55. The molecule has 1 aromatic carbocycles. The first-order chi connectivity index (χ1) is 9.66. The first kappa shape index (κ1) is 12.0. The molecule has 3 heteroatoms. The lowest BCUT2D eigenvalue weighted by molar-refractivity contribution is 0.635. The largest absolute Gasteiger partial charge is 0.371 e. The Bertz CT molecular complexity index is 771. The van der Waals surface area contributed by atoms with E-state index in [0.717, 1.165) is 12.0 Å². The predicted molar refractivity (Wildman–Crippen MR) is 82.8 cm³/mol. The van der Waals surface area contributed by atoms with E-state index in [2.05, 4.69) is 17.9 Å². The molecule has 1 aromatic heterocycles. The Morgan fingerprint density at radius 3 is 2.65 bits per heavy atom. The number of benzene rings is 1. The third kappa shape index (κ3) is 1.49. The van der Waals surface area contributed by atoms with Gasteiger partial charge in [-0.1, -0.05) is 0 Å². The van der Waals surface area contributed by atoms with Crippen molar-refractivity contribution in [3.63, 3.8) is 0 Å². The molecule has 0 N–H and O–H groups in total. The highest BCUT2D eigenvalue weighted by atomic mass is 16.1. The van der Waals surface area contributed by atoms with E-state index in [1.54, 1.807) is 6.07 Å². The van der Waals surface area contributed by atoms with Gasteiger partial charge in [-0.25, -0.2) is 0 Å². The number of hydrogen-bond acceptors (Lipinski definition) is 2. The van der Waals surface area contributed by atoms with Crippen LogP contribution in [0, 0.1) is 6.92 Å². The average molecular weight is 268 g/mol. The zero-order chi connectivity index (χ0) is 13.9. The van der Waals surface area contributed by atoms with Crippen LogP contribution in [0.25, 0.3) is 10.9 Å². The van der Waals surface area contributed by atoms with E-state index in [9.17, 15) is 4.79 Å². The molecule has 2 aliphatic rings. The second kappa shape index (κ2) is 4.11. The lowest BCUT2D eigenvalue weighted by Gasteiger charge is -2.37. The maximum absolute atomic E-state index is 12.1. The van der Waals surface area contributed by atoms with Crippen molar-refractivity contribution < 1.29 is 0 Å². The van der Waals surface area contributed by atoms with Gasteiger partial charge in [0, 0.05) is 42.8 Å². The van der Waals surface area contributed by atoms with Gasteiger partial charge in [-0.15, -0.1) is 0 Å². The monoisotopic (exact) mass is 268 g/mol. The van der Waals surface area contributed by atoms with Gasteiger partial charge in [-0.3, -0.25) is 4.79 Å². The number of fused-ring (bicyclic) bond motifs is 2. The Kier molecular flexibility index (Phi) is 2.47. The third-order valence-electron chi connectivity index (χ3n) is 4.93. The van der Waals surface area contributed by atoms with Crippen molar-refractivity contribution in [2.24, 2.45) is 7.05 Å². The van der Waals surface area contributed by atoms with Gasteiger partial charge in [0.05, 0.1) is 5.52 Å². The van der Waals surface area contributed by atoms with Gasteiger partial charge in [0.1, 0.15) is 0 Å². The summed E-state index contributed by atoms with van der Waals surface area (Å²) in [4.78, 5) is 14.7. The summed E-state index contributed by atoms with van der Waals surface area (Å²) < 4.78 is 1.84. The van der Waals surface area contributed by atoms with Crippen LogP contribution in [0.2, 0.25) is 0 Å². The van der Waals surface area contributed by atoms with E-state index in [1.807, 2.05) is 11.6 Å². The van der Waals surface area contributed by atoms with Gasteiger partial charge in [0.25, 0.3) is 5.56 Å². The SMILES string of the molecule is Cc1cc(=O)n(C)c2c3c4c(cc12)CCCN4CCC3. The summed E-state index contributed by atoms with van der Waals surface area (Å²) in [5.41, 5.74) is 6.73. The molecule has 2 aliphatic heterocycles. The third-order valence-corrected chi connectivity index (χ3v) is 4.93. The lowest BCUT2D eigenvalue weighted by atomic mass is 9.88. The van der Waals surface area contributed by atoms with Crippen molar-refractivity contribution in [3.8, 4) is 0 Å². The summed E-state index contributed by atoms with van der Waals surface area (Å²) in [5.74, 6) is 0. The molecule has 3 heterocycles. The van der Waals surface area contributed by atoms with E-state index in [-0.39, 0.29) is 5.56 Å². The minimum atomic E-state index is 0.110. The van der Waals surface area contributed by atoms with Crippen molar-refractivity contribution in [2.45, 2.75) is 32.6 Å². The van der Waals surface area contributed by atoms with E-state index in [0.29, 0.717) is 0 Å². The molecule has 0 radical (unpaired) electrons. The lowest BCUT2D eigenvalue weighted by Crippen LogP contribution is -2.35. The molecule has 0 amide bonds. The van der Waals surface area contributed by atoms with Crippen molar-refractivity contribution >= 4 is 16.6 Å². The highest BCUT2D eigenvalue weighted by molar-refractivity contribution is 5.92. The highest BCUT2D eigenvalue weighted by Gasteiger charge is 2.26. The fraction of sp³-hybridized carbons (Fsp3) is 0.471. The molecule has 3 nitrogen and oxygen atoms in total. The van der Waals surface area contributed by atoms with Crippen LogP contribution in [0.15, 0.2) is 16.9 Å². The summed E-state index contributed by atoms with van der Waals surface area (Å²) >= 11 is 0. The molecule has 0 unspecified atom stereocenters. The maximum Gasteiger partial charge on any atom is 0.251 e. The topological polar surface area (TPSA) is 25.2 Å². The first-order valence-electron chi connectivity index (χ1n) is 7.57. The summed E-state index contributed by atoms with van der Waals surface area (Å²) in [6.45, 7) is 4.41. The number of aromatic nitrogens is 1. The normalized spacial score (nSPS) is 17.4. The number of nitrogens with zero attached hydrogens (tertiary/aromatic N) is 2. The molecule has 20 heavy (non-hydrogen) atoms. The molecule has 0 aliphatic carbocycles. The molecule has 4 rings (SSSR count). The molecule has 0 bridgehead atoms. The molecule has 0 fully saturated rings. The summed E-state index contributed by atoms with van der Waals surface area (Å²) in [5, 5.41) is 1.27. The van der Waals surface area contributed by atoms with E-state index in [4.69, 9.17) is 0 Å². The van der Waals surface area contributed by atoms with Crippen molar-refractivity contribution in [1.29, 1.82) is 0 Å². The standard InChI is InChI=1S/C17H20N2O/c1-11-9-15(20)18(2)17-13-6-4-8-19-7-3-5-12(16(13)19)10-14(11)17/h9-10H,3-8H2,1-2H3. The first-order valence-corrected chi connectivity index (χ1v) is 7.57. The van der Waals surface area contributed by atoms with Crippen molar-refractivity contribution in [1.82, 2.24) is 4.57 Å². The van der Waals surface area contributed by atoms with Gasteiger partial charge in [0.2, 0.25) is 0 Å². The Morgan fingerprint density at radius 1 is 1.10 bits per heavy atom. The molecular weight excluding hydrogens is 248 g/mol. The van der Waals surface area contributed by atoms with E-state index < -0.39 is 0 Å². The van der Waals surface area contributed by atoms with Crippen molar-refractivity contribution in [2.75, 3.05) is 18.0 Å². The minimum Gasteiger partial charge on any atom is -0.371 e. The van der Waals surface area contributed by atoms with Crippen LogP contribution >= 0.6 is 0 Å². The van der Waals surface area contributed by atoms with Gasteiger partial charge >= 0.3 is 0 Å². The zero-order valence-corrected chi connectivity index (χ0v) is 12.2. The Labute approximate surface area is 118 Å². The Hall–Kier alpha value is -1.77. The number of pyridine rings is 1. The quantitative estimate of drug-likeness (QED) is 0.733. The van der Waals surface area contributed by atoms with Gasteiger partial charge < -0.3 is 9.47 Å². The second-order valence-electron chi connectivity index (χ2n) is 6.18. The Balaban J connectivity index is 2.19. The fourth-order valence-electron chi connectivity index (χ4n) is 4.00. The van der Waals surface area contributed by atoms with Crippen LogP contribution in [-0.2, 0) is 19.9 Å². The molecule has 104 valence electrons. The smallest absolute Gasteiger partial charge is 0.251 e. The average Bonchev–Trinajstić information content (AvgIpc) is 2.45. The van der Waals surface area contributed by atoms with Crippen LogP contribution in [0.4, 0.5) is 5.69 Å². The highest BCUT2D eigenvalue weighted by Crippen LogP contribution is 2.39.